The van der Waals surface area contributed by atoms with Crippen LogP contribution in [0.15, 0.2) is 11.6 Å². The van der Waals surface area contributed by atoms with E-state index >= 15 is 0 Å². The molecule has 5 fully saturated rings. The van der Waals surface area contributed by atoms with E-state index in [4.69, 9.17) is 14.2 Å². The van der Waals surface area contributed by atoms with E-state index in [1.54, 1.807) is 13.0 Å². The van der Waals surface area contributed by atoms with Crippen LogP contribution in [0, 0.1) is 28.6 Å². The highest BCUT2D eigenvalue weighted by Gasteiger charge is 2.71. The first-order valence-corrected chi connectivity index (χ1v) is 14.7. The summed E-state index contributed by atoms with van der Waals surface area (Å²) in [6, 6.07) is 0. The first-order valence-electron chi connectivity index (χ1n) is 14.7. The molecule has 0 spiro atoms. The maximum Gasteiger partial charge on any atom is 0.331 e. The number of carbonyl (C=O) groups excluding carboxylic acids is 1. The largest absolute Gasteiger partial charge is 0.458 e. The molecule has 0 radical (unpaired) electrons. The van der Waals surface area contributed by atoms with Crippen molar-refractivity contribution in [2.75, 3.05) is 13.2 Å². The summed E-state index contributed by atoms with van der Waals surface area (Å²) in [7, 11) is 0. The lowest BCUT2D eigenvalue weighted by Crippen LogP contribution is -2.69. The Hall–Kier alpha value is -1.11. The van der Waals surface area contributed by atoms with Crippen LogP contribution >= 0.6 is 0 Å². The van der Waals surface area contributed by atoms with Crippen LogP contribution in [-0.2, 0) is 19.0 Å². The van der Waals surface area contributed by atoms with Crippen molar-refractivity contribution in [3.63, 3.8) is 0 Å². The molecule has 0 bridgehead atoms. The van der Waals surface area contributed by atoms with Crippen molar-refractivity contribution >= 4 is 5.97 Å². The van der Waals surface area contributed by atoms with Crippen molar-refractivity contribution in [3.8, 4) is 0 Å². The van der Waals surface area contributed by atoms with Crippen LogP contribution in [0.4, 0.5) is 0 Å². The quantitative estimate of drug-likeness (QED) is 0.214. The fourth-order valence-electron chi connectivity index (χ4n) is 9.93. The van der Waals surface area contributed by atoms with Crippen molar-refractivity contribution in [1.29, 1.82) is 0 Å². The zero-order valence-corrected chi connectivity index (χ0v) is 22.9. The molecule has 4 aliphatic carbocycles. The van der Waals surface area contributed by atoms with Crippen molar-refractivity contribution in [2.24, 2.45) is 28.6 Å². The van der Waals surface area contributed by atoms with Gasteiger partial charge in [-0.25, -0.2) is 4.79 Å². The van der Waals surface area contributed by atoms with E-state index in [2.05, 4.69) is 6.92 Å². The Balaban J connectivity index is 1.22. The van der Waals surface area contributed by atoms with Crippen molar-refractivity contribution in [2.45, 2.75) is 120 Å². The minimum absolute atomic E-state index is 0.0667. The number of carbonyl (C=O) groups is 1. The van der Waals surface area contributed by atoms with Gasteiger partial charge in [-0.05, 0) is 81.6 Å². The van der Waals surface area contributed by atoms with Crippen LogP contribution in [0.1, 0.15) is 71.6 Å². The molecule has 0 aromatic carbocycles. The van der Waals surface area contributed by atoms with Gasteiger partial charge in [0.05, 0.1) is 30.0 Å². The Morgan fingerprint density at radius 1 is 0.974 bits per heavy atom. The summed E-state index contributed by atoms with van der Waals surface area (Å²) in [5, 5.41) is 66.1. The molecule has 6 N–H and O–H groups in total. The average molecular weight is 553 g/mol. The predicted molar refractivity (Wildman–Crippen MR) is 136 cm³/mol. The molecule has 10 nitrogen and oxygen atoms in total. The second-order valence-corrected chi connectivity index (χ2v) is 13.6. The Kier molecular flexibility index (Phi) is 6.80. The van der Waals surface area contributed by atoms with Gasteiger partial charge in [0.1, 0.15) is 24.9 Å². The lowest BCUT2D eigenvalue weighted by molar-refractivity contribution is -0.322. The van der Waals surface area contributed by atoms with Crippen molar-refractivity contribution in [3.05, 3.63) is 11.6 Å². The molecule has 0 aromatic rings. The third-order valence-electron chi connectivity index (χ3n) is 12.2. The summed E-state index contributed by atoms with van der Waals surface area (Å²) in [5.41, 5.74) is -2.40. The van der Waals surface area contributed by atoms with E-state index in [0.29, 0.717) is 38.7 Å². The number of aliphatic hydroxyl groups excluding tert-OH is 4. The first-order chi connectivity index (χ1) is 18.4. The van der Waals surface area contributed by atoms with E-state index in [1.165, 1.54) is 0 Å². The molecule has 6 rings (SSSR count). The molecule has 4 saturated carbocycles. The molecule has 0 aromatic heterocycles. The van der Waals surface area contributed by atoms with Gasteiger partial charge in [0, 0.05) is 23.3 Å². The highest BCUT2D eigenvalue weighted by Crippen LogP contribution is 2.70. The SMILES string of the molecule is C[C@H]1O[C@@H](O[C@H]2CC[C@]3(CO)[C@H]4CC[C@]5(C)[C@@H](C6=CC(=O)OC6)CC[C@]5(O)[C@@H]4CC[C@]3(O)C2)[C@H](O)[C@H](O)[C@@H]1O. The molecule has 1 saturated heterocycles. The molecule has 10 heteroatoms. The Bertz CT molecular complexity index is 1020. The molecule has 220 valence electrons. The number of rotatable bonds is 4. The van der Waals surface area contributed by atoms with Gasteiger partial charge in [0.15, 0.2) is 6.29 Å². The summed E-state index contributed by atoms with van der Waals surface area (Å²) < 4.78 is 16.9. The molecule has 39 heavy (non-hydrogen) atoms. The van der Waals surface area contributed by atoms with Gasteiger partial charge in [0.2, 0.25) is 0 Å². The monoisotopic (exact) mass is 552 g/mol. The normalized spacial score (nSPS) is 55.3. The number of esters is 1. The summed E-state index contributed by atoms with van der Waals surface area (Å²) in [5.74, 6) is -0.387. The Morgan fingerprint density at radius 2 is 1.72 bits per heavy atom. The van der Waals surface area contributed by atoms with E-state index < -0.39 is 58.8 Å². The van der Waals surface area contributed by atoms with Gasteiger partial charge in [-0.15, -0.1) is 0 Å². The zero-order chi connectivity index (χ0) is 28.0. The van der Waals surface area contributed by atoms with E-state index in [9.17, 15) is 35.4 Å². The van der Waals surface area contributed by atoms with Gasteiger partial charge < -0.3 is 44.8 Å². The lowest BCUT2D eigenvalue weighted by atomic mass is 9.41. The maximum absolute atomic E-state index is 12.4. The van der Waals surface area contributed by atoms with Gasteiger partial charge in [-0.1, -0.05) is 6.92 Å². The third kappa shape index (κ3) is 3.86. The van der Waals surface area contributed by atoms with E-state index in [-0.39, 0.29) is 36.8 Å². The highest BCUT2D eigenvalue weighted by atomic mass is 16.7. The fourth-order valence-corrected chi connectivity index (χ4v) is 9.93. The average Bonchev–Trinajstić information content (AvgIpc) is 3.45. The van der Waals surface area contributed by atoms with Crippen LogP contribution in [0.3, 0.4) is 0 Å². The van der Waals surface area contributed by atoms with Gasteiger partial charge in [-0.2, -0.15) is 0 Å². The summed E-state index contributed by atoms with van der Waals surface area (Å²) in [6.07, 6.45) is 0.474. The summed E-state index contributed by atoms with van der Waals surface area (Å²) in [6.45, 7) is 3.85. The zero-order valence-electron chi connectivity index (χ0n) is 22.9. The van der Waals surface area contributed by atoms with Crippen LogP contribution in [0.25, 0.3) is 0 Å². The molecule has 6 aliphatic rings. The number of aliphatic hydroxyl groups is 6. The summed E-state index contributed by atoms with van der Waals surface area (Å²) in [4.78, 5) is 11.8. The van der Waals surface area contributed by atoms with E-state index in [0.717, 1.165) is 24.8 Å². The van der Waals surface area contributed by atoms with Crippen LogP contribution in [-0.4, -0.2) is 97.8 Å². The predicted octanol–water partition coefficient (Wildman–Crippen LogP) is 0.543. The lowest BCUT2D eigenvalue weighted by Gasteiger charge is -2.66. The van der Waals surface area contributed by atoms with Crippen molar-refractivity contribution < 1.29 is 49.6 Å². The Labute approximate surface area is 229 Å². The standard InChI is InChI=1S/C29H44O10/c1-15-22(32)23(33)24(34)25(38-15)39-17-3-8-27(14-30)19-4-7-26(2)18(16-11-21(31)37-13-16)6-10-29(26,36)20(19)5-9-28(27,35)12-17/h11,15,17-20,22-25,30,32-36H,3-10,12-14H2,1-2H3/t15-,17+,18-,19+,20-,22-,23-,24-,25+,26-,27+,28+,29+/m1/s1. The number of ether oxygens (including phenoxy) is 3. The molecule has 0 unspecified atom stereocenters. The summed E-state index contributed by atoms with van der Waals surface area (Å²) >= 11 is 0. The third-order valence-corrected chi connectivity index (χ3v) is 12.2. The van der Waals surface area contributed by atoms with Gasteiger partial charge in [0.25, 0.3) is 0 Å². The number of hydrogen-bond acceptors (Lipinski definition) is 10. The van der Waals surface area contributed by atoms with E-state index in [1.807, 2.05) is 0 Å². The molecule has 13 atom stereocenters. The van der Waals surface area contributed by atoms with Gasteiger partial charge in [-0.3, -0.25) is 0 Å². The smallest absolute Gasteiger partial charge is 0.331 e. The second-order valence-electron chi connectivity index (χ2n) is 13.6. The van der Waals surface area contributed by atoms with Crippen LogP contribution < -0.4 is 0 Å². The second kappa shape index (κ2) is 9.46. The van der Waals surface area contributed by atoms with Gasteiger partial charge >= 0.3 is 5.97 Å². The molecule has 0 amide bonds. The maximum atomic E-state index is 12.4. The minimum Gasteiger partial charge on any atom is -0.458 e. The molecular formula is C29H44O10. The number of fused-ring (bicyclic) bond motifs is 5. The van der Waals surface area contributed by atoms with Crippen LogP contribution in [0.5, 0.6) is 0 Å². The molecule has 2 aliphatic heterocycles. The first kappa shape index (κ1) is 28.0. The number of hydrogen-bond donors (Lipinski definition) is 6. The Morgan fingerprint density at radius 3 is 2.41 bits per heavy atom. The topological polar surface area (TPSA) is 166 Å². The highest BCUT2D eigenvalue weighted by molar-refractivity contribution is 5.85. The number of cyclic esters (lactones) is 1. The van der Waals surface area contributed by atoms with Crippen LogP contribution in [0.2, 0.25) is 0 Å². The minimum atomic E-state index is -1.41. The van der Waals surface area contributed by atoms with Crippen molar-refractivity contribution in [1.82, 2.24) is 0 Å². The molecular weight excluding hydrogens is 508 g/mol. The fraction of sp³-hybridized carbons (Fsp3) is 0.897. The molecule has 2 heterocycles.